The molecular weight excluding hydrogens is 290 g/mol. The van der Waals surface area contributed by atoms with E-state index in [1.807, 2.05) is 13.8 Å². The highest BCUT2D eigenvalue weighted by Gasteiger charge is 2.30. The predicted molar refractivity (Wildman–Crippen MR) is 83.3 cm³/mol. The fourth-order valence-corrected chi connectivity index (χ4v) is 4.19. The third-order valence-corrected chi connectivity index (χ3v) is 5.73. The molecular formula is C14H29N3O3S. The van der Waals surface area contributed by atoms with Crippen LogP contribution in [0.3, 0.4) is 0 Å². The van der Waals surface area contributed by atoms with Crippen molar-refractivity contribution in [1.29, 1.82) is 0 Å². The highest BCUT2D eigenvalue weighted by molar-refractivity contribution is 7.87. The molecule has 1 aliphatic heterocycles. The van der Waals surface area contributed by atoms with Crippen LogP contribution in [-0.4, -0.2) is 57.7 Å². The summed E-state index contributed by atoms with van der Waals surface area (Å²) in [6, 6.07) is 0.487. The van der Waals surface area contributed by atoms with Crippen LogP contribution in [0.15, 0.2) is 0 Å². The SMILES string of the molecule is CCOCC(C)NS(=O)(=O)N1CCCC(CNC2CC2)C1. The van der Waals surface area contributed by atoms with Crippen molar-refractivity contribution in [3.05, 3.63) is 0 Å². The Kier molecular flexibility index (Phi) is 6.43. The van der Waals surface area contributed by atoms with Crippen molar-refractivity contribution in [3.8, 4) is 0 Å². The van der Waals surface area contributed by atoms with Gasteiger partial charge in [0.1, 0.15) is 0 Å². The molecule has 1 aliphatic carbocycles. The normalized spacial score (nSPS) is 25.9. The molecule has 0 radical (unpaired) electrons. The largest absolute Gasteiger partial charge is 0.380 e. The van der Waals surface area contributed by atoms with Gasteiger partial charge in [-0.25, -0.2) is 0 Å². The van der Waals surface area contributed by atoms with Gasteiger partial charge in [0.25, 0.3) is 10.2 Å². The van der Waals surface area contributed by atoms with E-state index in [2.05, 4.69) is 10.0 Å². The van der Waals surface area contributed by atoms with Crippen LogP contribution < -0.4 is 10.0 Å². The first kappa shape index (κ1) is 17.1. The Balaban J connectivity index is 1.80. The molecule has 0 amide bonds. The first-order valence-corrected chi connectivity index (χ1v) is 9.53. The number of rotatable bonds is 9. The Bertz CT molecular complexity index is 412. The molecule has 0 aromatic rings. The third kappa shape index (κ3) is 5.83. The molecule has 0 aromatic carbocycles. The standard InChI is InChI=1S/C14H29N3O3S/c1-3-20-11-12(2)16-21(18,19)17-8-4-5-13(10-17)9-15-14-6-7-14/h12-16H,3-11H2,1-2H3. The maximum atomic E-state index is 12.4. The van der Waals surface area contributed by atoms with Crippen LogP contribution in [0.2, 0.25) is 0 Å². The quantitative estimate of drug-likeness (QED) is 0.657. The Morgan fingerprint density at radius 1 is 1.33 bits per heavy atom. The predicted octanol–water partition coefficient (Wildman–Crippen LogP) is 0.710. The van der Waals surface area contributed by atoms with Crippen molar-refractivity contribution < 1.29 is 13.2 Å². The number of hydrogen-bond donors (Lipinski definition) is 2. The van der Waals surface area contributed by atoms with Gasteiger partial charge in [-0.2, -0.15) is 17.4 Å². The minimum Gasteiger partial charge on any atom is -0.380 e. The molecule has 2 unspecified atom stereocenters. The van der Waals surface area contributed by atoms with E-state index in [9.17, 15) is 8.42 Å². The molecule has 2 rings (SSSR count). The van der Waals surface area contributed by atoms with E-state index in [0.29, 0.717) is 38.3 Å². The van der Waals surface area contributed by atoms with Gasteiger partial charge in [0, 0.05) is 31.8 Å². The van der Waals surface area contributed by atoms with Crippen molar-refractivity contribution >= 4 is 10.2 Å². The van der Waals surface area contributed by atoms with Crippen LogP contribution in [-0.2, 0) is 14.9 Å². The fraction of sp³-hybridized carbons (Fsp3) is 1.00. The Morgan fingerprint density at radius 2 is 2.10 bits per heavy atom. The second kappa shape index (κ2) is 7.87. The molecule has 124 valence electrons. The molecule has 7 heteroatoms. The lowest BCUT2D eigenvalue weighted by molar-refractivity contribution is 0.132. The van der Waals surface area contributed by atoms with Crippen LogP contribution in [0.4, 0.5) is 0 Å². The average molecular weight is 319 g/mol. The van der Waals surface area contributed by atoms with Gasteiger partial charge >= 0.3 is 0 Å². The van der Waals surface area contributed by atoms with E-state index < -0.39 is 10.2 Å². The summed E-state index contributed by atoms with van der Waals surface area (Å²) in [7, 11) is -3.39. The Hall–Kier alpha value is -0.210. The number of nitrogens with zero attached hydrogens (tertiary/aromatic N) is 1. The second-order valence-electron chi connectivity index (χ2n) is 6.23. The van der Waals surface area contributed by atoms with E-state index in [-0.39, 0.29) is 6.04 Å². The van der Waals surface area contributed by atoms with Gasteiger partial charge in [0.2, 0.25) is 0 Å². The van der Waals surface area contributed by atoms with Crippen molar-refractivity contribution in [3.63, 3.8) is 0 Å². The number of piperidine rings is 1. The van der Waals surface area contributed by atoms with Gasteiger partial charge in [-0.1, -0.05) is 0 Å². The van der Waals surface area contributed by atoms with Crippen molar-refractivity contribution in [2.45, 2.75) is 51.6 Å². The summed E-state index contributed by atoms with van der Waals surface area (Å²) >= 11 is 0. The Morgan fingerprint density at radius 3 is 2.76 bits per heavy atom. The van der Waals surface area contributed by atoms with E-state index in [1.54, 1.807) is 4.31 Å². The van der Waals surface area contributed by atoms with Crippen LogP contribution >= 0.6 is 0 Å². The molecule has 1 saturated heterocycles. The zero-order chi connectivity index (χ0) is 15.3. The summed E-state index contributed by atoms with van der Waals surface area (Å²) in [4.78, 5) is 0. The maximum Gasteiger partial charge on any atom is 0.279 e. The van der Waals surface area contributed by atoms with Crippen LogP contribution in [0, 0.1) is 5.92 Å². The number of hydrogen-bond acceptors (Lipinski definition) is 4. The zero-order valence-corrected chi connectivity index (χ0v) is 14.0. The fourth-order valence-electron chi connectivity index (χ4n) is 2.69. The highest BCUT2D eigenvalue weighted by atomic mass is 32.2. The molecule has 2 fully saturated rings. The molecule has 0 bridgehead atoms. The first-order chi connectivity index (χ1) is 10.0. The summed E-state index contributed by atoms with van der Waals surface area (Å²) in [5.41, 5.74) is 0. The van der Waals surface area contributed by atoms with E-state index in [4.69, 9.17) is 4.74 Å². The van der Waals surface area contributed by atoms with Gasteiger partial charge in [-0.15, -0.1) is 0 Å². The maximum absolute atomic E-state index is 12.4. The second-order valence-corrected chi connectivity index (χ2v) is 7.93. The van der Waals surface area contributed by atoms with E-state index in [0.717, 1.165) is 19.4 Å². The third-order valence-electron chi connectivity index (χ3n) is 4.02. The topological polar surface area (TPSA) is 70.7 Å². The smallest absolute Gasteiger partial charge is 0.279 e. The minimum absolute atomic E-state index is 0.195. The molecule has 1 heterocycles. The van der Waals surface area contributed by atoms with Gasteiger partial charge < -0.3 is 10.1 Å². The summed E-state index contributed by atoms with van der Waals surface area (Å²) in [6.07, 6.45) is 4.59. The van der Waals surface area contributed by atoms with Crippen LogP contribution in [0.1, 0.15) is 39.5 Å². The minimum atomic E-state index is -3.39. The van der Waals surface area contributed by atoms with Crippen molar-refractivity contribution in [2.75, 3.05) is 32.8 Å². The van der Waals surface area contributed by atoms with Gasteiger partial charge in [0.05, 0.1) is 6.61 Å². The van der Waals surface area contributed by atoms with Crippen molar-refractivity contribution in [1.82, 2.24) is 14.3 Å². The lowest BCUT2D eigenvalue weighted by Gasteiger charge is -2.32. The molecule has 0 spiro atoms. The Labute approximate surface area is 128 Å². The van der Waals surface area contributed by atoms with E-state index in [1.165, 1.54) is 12.8 Å². The zero-order valence-electron chi connectivity index (χ0n) is 13.2. The number of nitrogens with one attached hydrogen (secondary N) is 2. The molecule has 6 nitrogen and oxygen atoms in total. The lowest BCUT2D eigenvalue weighted by atomic mass is 10.00. The summed E-state index contributed by atoms with van der Waals surface area (Å²) in [6.45, 7) is 6.94. The molecule has 2 atom stereocenters. The summed E-state index contributed by atoms with van der Waals surface area (Å²) < 4.78 is 34.4. The average Bonchev–Trinajstić information content (AvgIpc) is 3.27. The lowest BCUT2D eigenvalue weighted by Crippen LogP contribution is -2.50. The molecule has 2 N–H and O–H groups in total. The number of ether oxygens (including phenoxy) is 1. The van der Waals surface area contributed by atoms with Gasteiger partial charge in [-0.05, 0) is 52.0 Å². The van der Waals surface area contributed by atoms with Gasteiger partial charge in [-0.3, -0.25) is 0 Å². The monoisotopic (exact) mass is 319 g/mol. The molecule has 21 heavy (non-hydrogen) atoms. The molecule has 0 aromatic heterocycles. The molecule has 1 saturated carbocycles. The van der Waals surface area contributed by atoms with E-state index >= 15 is 0 Å². The molecule has 2 aliphatic rings. The van der Waals surface area contributed by atoms with Gasteiger partial charge in [0.15, 0.2) is 0 Å². The van der Waals surface area contributed by atoms with Crippen LogP contribution in [0.25, 0.3) is 0 Å². The highest BCUT2D eigenvalue weighted by Crippen LogP contribution is 2.22. The first-order valence-electron chi connectivity index (χ1n) is 8.09. The summed E-state index contributed by atoms with van der Waals surface area (Å²) in [5, 5.41) is 3.51. The van der Waals surface area contributed by atoms with Crippen molar-refractivity contribution in [2.24, 2.45) is 5.92 Å². The summed E-state index contributed by atoms with van der Waals surface area (Å²) in [5.74, 6) is 0.429. The van der Waals surface area contributed by atoms with Crippen LogP contribution in [0.5, 0.6) is 0 Å².